The molecule has 0 aromatic rings. The first-order valence-corrected chi connectivity index (χ1v) is 35.0. The van der Waals surface area contributed by atoms with Crippen LogP contribution in [0.25, 0.3) is 0 Å². The van der Waals surface area contributed by atoms with Gasteiger partial charge in [-0.05, 0) is 104 Å². The molecule has 14 nitrogen and oxygen atoms in total. The first-order valence-electron chi connectivity index (χ1n) is 15.3. The summed E-state index contributed by atoms with van der Waals surface area (Å²) in [5.74, 6) is 9.04. The van der Waals surface area contributed by atoms with Crippen LogP contribution in [0.15, 0.2) is 20.4 Å². The van der Waals surface area contributed by atoms with E-state index in [1.54, 1.807) is 13.8 Å². The molecule has 0 fully saturated rings. The maximum atomic E-state index is 9.79. The van der Waals surface area contributed by atoms with Gasteiger partial charge >= 0.3 is 50.5 Å². The van der Waals surface area contributed by atoms with Crippen LogP contribution in [0.3, 0.4) is 0 Å². The van der Waals surface area contributed by atoms with Gasteiger partial charge in [0.05, 0.1) is 22.8 Å². The van der Waals surface area contributed by atoms with Crippen molar-refractivity contribution in [2.24, 2.45) is 32.1 Å². The van der Waals surface area contributed by atoms with E-state index in [0.717, 1.165) is 76.6 Å². The predicted molar refractivity (Wildman–Crippen MR) is 273 cm³/mol. The number of halogens is 6. The van der Waals surface area contributed by atoms with Gasteiger partial charge in [-0.3, -0.25) is 20.4 Å². The SMILES string of the molecule is C.CC(=N/N)/C(C)=N\N.CC(=O)C(C)=O.CCN(CC)CCCNC(=S)N/N=C(C)\C(C)=N/NC(=S)NCCCN(CC)CC.I.II.I[I-]I. The number of hydrogen-bond donors (Lipinski definition) is 6. The fourth-order valence-corrected chi connectivity index (χ4v) is 3.08. The Labute approximate surface area is 390 Å². The van der Waals surface area contributed by atoms with Crippen molar-refractivity contribution in [3.05, 3.63) is 0 Å². The molecule has 0 aromatic carbocycles. The summed E-state index contributed by atoms with van der Waals surface area (Å²) in [5, 5.41) is 22.7. The first kappa shape index (κ1) is 67.1. The summed E-state index contributed by atoms with van der Waals surface area (Å²) in [6.07, 6.45) is 2.08. The molecule has 0 spiro atoms. The number of hydrazone groups is 4. The van der Waals surface area contributed by atoms with Crippen molar-refractivity contribution in [3.63, 3.8) is 0 Å². The molecular formula is C29H63I6N12O2S2-. The van der Waals surface area contributed by atoms with Crippen molar-refractivity contribution in [2.45, 2.75) is 89.5 Å². The number of ketones is 2. The van der Waals surface area contributed by atoms with Crippen LogP contribution < -0.4 is 46.4 Å². The van der Waals surface area contributed by atoms with Gasteiger partial charge in [0, 0.05) is 64.2 Å². The number of Topliss-reactive ketones (excluding diaryl/α,β-unsaturated/α-hetero) is 2. The summed E-state index contributed by atoms with van der Waals surface area (Å²) in [6, 6.07) is 0. The number of carbonyl (C=O) groups is 2. The molecular weight excluding hydrogens is 1370 g/mol. The number of nitrogens with two attached hydrogens (primary N) is 2. The average molecular weight is 1440 g/mol. The Kier molecular flexibility index (Phi) is 67.5. The zero-order chi connectivity index (χ0) is 39.2. The summed E-state index contributed by atoms with van der Waals surface area (Å²) in [6.45, 7) is 26.5. The molecule has 51 heavy (non-hydrogen) atoms. The van der Waals surface area contributed by atoms with Gasteiger partial charge in [-0.2, -0.15) is 20.4 Å². The Morgan fingerprint density at radius 2 is 0.902 bits per heavy atom. The Balaban J connectivity index is -0.000000151. The number of hydrogen-bond acceptors (Lipinski definition) is 12. The normalized spacial score (nSPS) is 10.9. The molecule has 0 aliphatic rings. The Hall–Kier alpha value is 1.30. The fourth-order valence-electron chi connectivity index (χ4n) is 2.79. The van der Waals surface area contributed by atoms with Crippen molar-refractivity contribution < 1.29 is 22.8 Å². The summed E-state index contributed by atoms with van der Waals surface area (Å²) < 4.78 is 0. The minimum absolute atomic E-state index is 0. The molecule has 0 aromatic heterocycles. The van der Waals surface area contributed by atoms with Gasteiger partial charge in [0.25, 0.3) is 0 Å². The number of nitrogens with zero attached hydrogens (tertiary/aromatic N) is 6. The second kappa shape index (κ2) is 51.3. The third-order valence-electron chi connectivity index (χ3n) is 6.24. The number of carbonyl (C=O) groups excluding carboxylic acids is 2. The van der Waals surface area contributed by atoms with Crippen LogP contribution >= 0.6 is 123 Å². The maximum absolute atomic E-state index is 9.79. The van der Waals surface area contributed by atoms with E-state index in [-0.39, 0.29) is 43.0 Å². The average Bonchev–Trinajstić information content (AvgIpc) is 3.10. The van der Waals surface area contributed by atoms with Gasteiger partial charge in [-0.1, -0.05) is 35.1 Å². The monoisotopic (exact) mass is 1440 g/mol. The molecule has 0 heterocycles. The van der Waals surface area contributed by atoms with Crippen LogP contribution in [0, 0.1) is 0 Å². The van der Waals surface area contributed by atoms with E-state index < -0.39 is 0 Å². The van der Waals surface area contributed by atoms with E-state index >= 15 is 0 Å². The molecule has 0 rings (SSSR count). The van der Waals surface area contributed by atoms with Crippen LogP contribution in [0.4, 0.5) is 0 Å². The van der Waals surface area contributed by atoms with Gasteiger partial charge < -0.3 is 32.1 Å². The summed E-state index contributed by atoms with van der Waals surface area (Å²) in [7, 11) is 0. The molecule has 0 saturated carbocycles. The molecule has 0 saturated heterocycles. The molecule has 0 bridgehead atoms. The second-order valence-electron chi connectivity index (χ2n) is 9.49. The third-order valence-corrected chi connectivity index (χ3v) is 6.71. The van der Waals surface area contributed by atoms with E-state index in [2.05, 4.69) is 154 Å². The number of thiocarbonyl (C=S) groups is 2. The third kappa shape index (κ3) is 51.3. The van der Waals surface area contributed by atoms with E-state index in [1.807, 2.05) is 13.8 Å². The molecule has 8 N–H and O–H groups in total. The molecule has 0 amide bonds. The van der Waals surface area contributed by atoms with Crippen molar-refractivity contribution >= 4 is 168 Å². The van der Waals surface area contributed by atoms with E-state index in [1.165, 1.54) is 13.8 Å². The van der Waals surface area contributed by atoms with Crippen LogP contribution in [0.1, 0.15) is 89.5 Å². The Morgan fingerprint density at radius 3 is 1.10 bits per heavy atom. The van der Waals surface area contributed by atoms with Crippen molar-refractivity contribution in [1.82, 2.24) is 31.3 Å². The molecule has 306 valence electrons. The van der Waals surface area contributed by atoms with Gasteiger partial charge in [-0.15, -0.1) is 24.0 Å². The predicted octanol–water partition coefficient (Wildman–Crippen LogP) is 3.75. The molecule has 0 radical (unpaired) electrons. The standard InChI is InChI=1S/C20H42N8S2.C4H10N4.C4H6O2.CH4.I3.I2.HI/c1-7-27(8-2)15-11-13-21-19(29)25-23-17(5)18(6)24-26-20(30)22-14-12-16-28(9-3)10-4;1-3(7-5)4(2)8-6;1-3(5)4(2)6;;1-3-2;1-2;/h7-16H2,1-6H3,(H2,21,25,29)(H2,22,26,30);5-6H2,1-2H3;1-2H3;1H4;;;1H/q;;;;-1;;/b23-17-,24-18-;7-3-,8-4-;;;;;. The molecule has 0 atom stereocenters. The topological polar surface area (TPSA) is 190 Å². The fraction of sp³-hybridized carbons (Fsp3) is 0.724. The van der Waals surface area contributed by atoms with Crippen molar-refractivity contribution in [1.29, 1.82) is 0 Å². The van der Waals surface area contributed by atoms with Gasteiger partial charge in [0.15, 0.2) is 21.8 Å². The Bertz CT molecular complexity index is 927. The summed E-state index contributed by atoms with van der Waals surface area (Å²) in [5.41, 5.74) is 8.52. The molecule has 0 aliphatic heterocycles. The van der Waals surface area contributed by atoms with E-state index in [4.69, 9.17) is 36.1 Å². The number of nitrogens with one attached hydrogen (secondary N) is 4. The van der Waals surface area contributed by atoms with E-state index in [9.17, 15) is 9.59 Å². The zero-order valence-corrected chi connectivity index (χ0v) is 45.6. The van der Waals surface area contributed by atoms with Crippen LogP contribution in [0.2, 0.25) is 0 Å². The first-order chi connectivity index (χ1) is 23.1. The van der Waals surface area contributed by atoms with E-state index in [0.29, 0.717) is 34.9 Å². The zero-order valence-electron chi connectivity index (χ0n) is 30.8. The van der Waals surface area contributed by atoms with Gasteiger partial charge in [0.1, 0.15) is 0 Å². The molecule has 22 heteroatoms. The summed E-state index contributed by atoms with van der Waals surface area (Å²) >= 11 is 20.1. The molecule has 0 aliphatic carbocycles. The Morgan fingerprint density at radius 1 is 0.647 bits per heavy atom. The quantitative estimate of drug-likeness (QED) is 0.0236. The second-order valence-corrected chi connectivity index (χ2v) is 26.5. The number of rotatable bonds is 17. The van der Waals surface area contributed by atoms with Crippen LogP contribution in [-0.2, 0) is 9.59 Å². The van der Waals surface area contributed by atoms with Crippen LogP contribution in [-0.4, -0.2) is 107 Å². The van der Waals surface area contributed by atoms with Gasteiger partial charge in [-0.25, -0.2) is 0 Å². The van der Waals surface area contributed by atoms with Crippen LogP contribution in [0.5, 0.6) is 0 Å². The van der Waals surface area contributed by atoms with Crippen molar-refractivity contribution in [2.75, 3.05) is 52.4 Å². The summed E-state index contributed by atoms with van der Waals surface area (Å²) in [4.78, 5) is 24.4. The minimum atomic E-state index is -0.380. The molecule has 0 unspecified atom stereocenters. The van der Waals surface area contributed by atoms with Gasteiger partial charge in [0.2, 0.25) is 0 Å². The van der Waals surface area contributed by atoms with Crippen molar-refractivity contribution in [3.8, 4) is 0 Å².